The minimum Gasteiger partial charge on any atom is -0.377 e. The highest BCUT2D eigenvalue weighted by Gasteiger charge is 2.29. The normalized spacial score (nSPS) is 25.1. The van der Waals surface area contributed by atoms with E-state index >= 15 is 0 Å². The first-order valence-corrected chi connectivity index (χ1v) is 7.87. The van der Waals surface area contributed by atoms with Gasteiger partial charge < -0.3 is 9.47 Å². The predicted octanol–water partition coefficient (Wildman–Crippen LogP) is 2.41. The van der Waals surface area contributed by atoms with Gasteiger partial charge in [-0.05, 0) is 49.4 Å². The molecule has 0 saturated carbocycles. The van der Waals surface area contributed by atoms with Crippen molar-refractivity contribution in [3.63, 3.8) is 0 Å². The average molecular weight is 293 g/mol. The SMILES string of the molecule is Cc1ccc(CC2CCN(C3COCCOC3)C2)cc1F. The van der Waals surface area contributed by atoms with E-state index in [1.54, 1.807) is 6.07 Å². The van der Waals surface area contributed by atoms with Gasteiger partial charge in [0.25, 0.3) is 0 Å². The largest absolute Gasteiger partial charge is 0.377 e. The minimum atomic E-state index is -0.0899. The Morgan fingerprint density at radius 2 is 2.00 bits per heavy atom. The number of nitrogens with zero attached hydrogens (tertiary/aromatic N) is 1. The van der Waals surface area contributed by atoms with Crippen LogP contribution in [0.15, 0.2) is 18.2 Å². The van der Waals surface area contributed by atoms with Crippen molar-refractivity contribution >= 4 is 0 Å². The van der Waals surface area contributed by atoms with Gasteiger partial charge in [-0.2, -0.15) is 0 Å². The van der Waals surface area contributed by atoms with Crippen LogP contribution in [0.2, 0.25) is 0 Å². The first kappa shape index (κ1) is 14.9. The van der Waals surface area contributed by atoms with Crippen LogP contribution in [0.25, 0.3) is 0 Å². The molecule has 116 valence electrons. The molecule has 2 aliphatic rings. The van der Waals surface area contributed by atoms with E-state index in [1.807, 2.05) is 13.0 Å². The maximum atomic E-state index is 13.6. The van der Waals surface area contributed by atoms with Crippen molar-refractivity contribution in [1.29, 1.82) is 0 Å². The zero-order valence-corrected chi connectivity index (χ0v) is 12.7. The number of rotatable bonds is 3. The van der Waals surface area contributed by atoms with Gasteiger partial charge in [-0.1, -0.05) is 12.1 Å². The van der Waals surface area contributed by atoms with E-state index in [0.717, 1.165) is 43.9 Å². The predicted molar refractivity (Wildman–Crippen MR) is 79.9 cm³/mol. The van der Waals surface area contributed by atoms with E-state index in [4.69, 9.17) is 9.47 Å². The number of ether oxygens (including phenoxy) is 2. The fourth-order valence-electron chi connectivity index (χ4n) is 3.27. The molecule has 1 unspecified atom stereocenters. The van der Waals surface area contributed by atoms with E-state index in [0.29, 0.717) is 25.2 Å². The number of likely N-dealkylation sites (tertiary alicyclic amines) is 1. The van der Waals surface area contributed by atoms with Crippen molar-refractivity contribution < 1.29 is 13.9 Å². The Bertz CT molecular complexity index is 472. The molecule has 0 amide bonds. The minimum absolute atomic E-state index is 0.0899. The van der Waals surface area contributed by atoms with E-state index in [-0.39, 0.29) is 5.82 Å². The topological polar surface area (TPSA) is 21.7 Å². The molecule has 2 fully saturated rings. The molecule has 3 rings (SSSR count). The molecule has 1 atom stereocenters. The van der Waals surface area contributed by atoms with Gasteiger partial charge in [-0.3, -0.25) is 4.90 Å². The summed E-state index contributed by atoms with van der Waals surface area (Å²) in [5.41, 5.74) is 1.83. The molecule has 3 nitrogen and oxygen atoms in total. The van der Waals surface area contributed by atoms with Crippen LogP contribution in [0.1, 0.15) is 17.5 Å². The van der Waals surface area contributed by atoms with Crippen molar-refractivity contribution in [1.82, 2.24) is 4.90 Å². The summed E-state index contributed by atoms with van der Waals surface area (Å²) >= 11 is 0. The Kier molecular flexibility index (Phi) is 4.88. The van der Waals surface area contributed by atoms with E-state index < -0.39 is 0 Å². The molecular weight excluding hydrogens is 269 g/mol. The Balaban J connectivity index is 1.55. The lowest BCUT2D eigenvalue weighted by molar-refractivity contribution is 0.0839. The van der Waals surface area contributed by atoms with Gasteiger partial charge in [0.15, 0.2) is 0 Å². The Labute approximate surface area is 126 Å². The van der Waals surface area contributed by atoms with E-state index in [1.165, 1.54) is 6.42 Å². The monoisotopic (exact) mass is 293 g/mol. The van der Waals surface area contributed by atoms with Gasteiger partial charge >= 0.3 is 0 Å². The first-order valence-electron chi connectivity index (χ1n) is 7.87. The van der Waals surface area contributed by atoms with Crippen LogP contribution in [0.5, 0.6) is 0 Å². The molecule has 1 aromatic carbocycles. The summed E-state index contributed by atoms with van der Waals surface area (Å²) in [6.07, 6.45) is 2.13. The first-order chi connectivity index (χ1) is 10.2. The maximum absolute atomic E-state index is 13.6. The number of aryl methyl sites for hydroxylation is 1. The van der Waals surface area contributed by atoms with Crippen molar-refractivity contribution in [2.75, 3.05) is 39.5 Å². The van der Waals surface area contributed by atoms with Crippen molar-refractivity contribution in [2.24, 2.45) is 5.92 Å². The molecule has 0 bridgehead atoms. The lowest BCUT2D eigenvalue weighted by Crippen LogP contribution is -2.39. The molecule has 0 radical (unpaired) electrons. The molecule has 0 aliphatic carbocycles. The number of halogens is 1. The van der Waals surface area contributed by atoms with Crippen LogP contribution < -0.4 is 0 Å². The van der Waals surface area contributed by atoms with Crippen LogP contribution in [-0.4, -0.2) is 50.5 Å². The summed E-state index contributed by atoms with van der Waals surface area (Å²) in [4.78, 5) is 2.47. The zero-order valence-electron chi connectivity index (χ0n) is 12.7. The van der Waals surface area contributed by atoms with Crippen LogP contribution in [0.3, 0.4) is 0 Å². The summed E-state index contributed by atoms with van der Waals surface area (Å²) in [5.74, 6) is 0.517. The van der Waals surface area contributed by atoms with Crippen LogP contribution in [0, 0.1) is 18.7 Å². The van der Waals surface area contributed by atoms with Gasteiger partial charge in [0.05, 0.1) is 32.5 Å². The Morgan fingerprint density at radius 3 is 2.71 bits per heavy atom. The van der Waals surface area contributed by atoms with Crippen LogP contribution >= 0.6 is 0 Å². The van der Waals surface area contributed by atoms with E-state index in [2.05, 4.69) is 11.0 Å². The molecule has 0 spiro atoms. The second-order valence-corrected chi connectivity index (χ2v) is 6.24. The quantitative estimate of drug-likeness (QED) is 0.854. The fourth-order valence-corrected chi connectivity index (χ4v) is 3.27. The highest BCUT2D eigenvalue weighted by molar-refractivity contribution is 5.23. The number of benzene rings is 1. The summed E-state index contributed by atoms with van der Waals surface area (Å²) in [6.45, 7) is 6.91. The highest BCUT2D eigenvalue weighted by atomic mass is 19.1. The van der Waals surface area contributed by atoms with Gasteiger partial charge in [0.2, 0.25) is 0 Å². The van der Waals surface area contributed by atoms with Gasteiger partial charge in [0, 0.05) is 6.54 Å². The van der Waals surface area contributed by atoms with Crippen molar-refractivity contribution in [2.45, 2.75) is 25.8 Å². The summed E-state index contributed by atoms with van der Waals surface area (Å²) in [6, 6.07) is 6.01. The number of hydrogen-bond acceptors (Lipinski definition) is 3. The second kappa shape index (κ2) is 6.86. The Hall–Kier alpha value is -0.970. The molecule has 0 aromatic heterocycles. The van der Waals surface area contributed by atoms with Crippen LogP contribution in [-0.2, 0) is 15.9 Å². The zero-order chi connectivity index (χ0) is 14.7. The molecule has 0 N–H and O–H groups in total. The molecule has 4 heteroatoms. The van der Waals surface area contributed by atoms with E-state index in [9.17, 15) is 4.39 Å². The van der Waals surface area contributed by atoms with Crippen molar-refractivity contribution in [3.05, 3.63) is 35.1 Å². The third-order valence-electron chi connectivity index (χ3n) is 4.59. The number of hydrogen-bond donors (Lipinski definition) is 0. The third-order valence-corrected chi connectivity index (χ3v) is 4.59. The summed E-state index contributed by atoms with van der Waals surface area (Å²) in [7, 11) is 0. The maximum Gasteiger partial charge on any atom is 0.126 e. The van der Waals surface area contributed by atoms with Gasteiger partial charge in [0.1, 0.15) is 5.82 Å². The standard InChI is InChI=1S/C17H24FNO2/c1-13-2-3-14(9-17(13)18)8-15-4-5-19(10-15)16-11-20-6-7-21-12-16/h2-3,9,15-16H,4-8,10-12H2,1H3. The second-order valence-electron chi connectivity index (χ2n) is 6.24. The molecule has 1 aromatic rings. The summed E-state index contributed by atoms with van der Waals surface area (Å²) < 4.78 is 24.8. The van der Waals surface area contributed by atoms with Gasteiger partial charge in [-0.15, -0.1) is 0 Å². The molecule has 21 heavy (non-hydrogen) atoms. The molecule has 2 aliphatic heterocycles. The Morgan fingerprint density at radius 1 is 1.24 bits per heavy atom. The van der Waals surface area contributed by atoms with Gasteiger partial charge in [-0.25, -0.2) is 4.39 Å². The lowest BCUT2D eigenvalue weighted by Gasteiger charge is -2.25. The average Bonchev–Trinajstić information content (AvgIpc) is 2.76. The van der Waals surface area contributed by atoms with Crippen LogP contribution in [0.4, 0.5) is 4.39 Å². The molecule has 2 saturated heterocycles. The molecular formula is C17H24FNO2. The summed E-state index contributed by atoms with van der Waals surface area (Å²) in [5, 5.41) is 0. The highest BCUT2D eigenvalue weighted by Crippen LogP contribution is 2.24. The van der Waals surface area contributed by atoms with Crippen molar-refractivity contribution in [3.8, 4) is 0 Å². The third kappa shape index (κ3) is 3.82. The smallest absolute Gasteiger partial charge is 0.126 e. The molecule has 2 heterocycles. The lowest BCUT2D eigenvalue weighted by atomic mass is 9.98. The fraction of sp³-hybridized carbons (Fsp3) is 0.647.